The average molecular weight is 419 g/mol. The fourth-order valence-corrected chi connectivity index (χ4v) is 5.37. The lowest BCUT2D eigenvalue weighted by molar-refractivity contribution is 0.0905. The second kappa shape index (κ2) is 7.87. The number of aryl methyl sites for hydroxylation is 1. The summed E-state index contributed by atoms with van der Waals surface area (Å²) in [6.45, 7) is 4.19. The monoisotopic (exact) mass is 418 g/mol. The first-order valence-corrected chi connectivity index (χ1v) is 11.6. The fraction of sp³-hybridized carbons (Fsp3) is 0.550. The first kappa shape index (κ1) is 20.0. The molecule has 29 heavy (non-hydrogen) atoms. The number of nitrogens with one attached hydrogen (secondary N) is 1. The summed E-state index contributed by atoms with van der Waals surface area (Å²) < 4.78 is 32.7. The lowest BCUT2D eigenvalue weighted by atomic mass is 10.0. The van der Waals surface area contributed by atoms with Gasteiger partial charge in [0.15, 0.2) is 5.69 Å². The molecule has 1 saturated heterocycles. The number of piperidine rings is 1. The number of rotatable bonds is 6. The van der Waals surface area contributed by atoms with Crippen LogP contribution in [0.3, 0.4) is 0 Å². The highest BCUT2D eigenvalue weighted by molar-refractivity contribution is 7.89. The number of nitrogens with zero attached hydrogens (tertiary/aromatic N) is 3. The Kier molecular flexibility index (Phi) is 5.44. The summed E-state index contributed by atoms with van der Waals surface area (Å²) in [5.41, 5.74) is 1.15. The molecule has 9 heteroatoms. The van der Waals surface area contributed by atoms with Gasteiger partial charge in [0.1, 0.15) is 10.7 Å². The number of amides is 1. The molecule has 2 aliphatic rings. The summed E-state index contributed by atoms with van der Waals surface area (Å²) in [6, 6.07) is 4.74. The van der Waals surface area contributed by atoms with Crippen LogP contribution in [-0.4, -0.2) is 47.4 Å². The number of aromatic nitrogens is 2. The number of carbonyl (C=O) groups excluding carboxylic acids is 1. The molecule has 2 aromatic heterocycles. The van der Waals surface area contributed by atoms with Gasteiger partial charge in [-0.1, -0.05) is 12.1 Å². The summed E-state index contributed by atoms with van der Waals surface area (Å²) in [5, 5.41) is 6.84. The van der Waals surface area contributed by atoms with Crippen molar-refractivity contribution in [2.24, 2.45) is 0 Å². The standard InChI is InChI=1S/C20H26N4O4S/c1-3-15-6-7-17(12-21-15)29(26,27)24-9-8-16(10-13(24)2)22-20(25)18-11-19(28-23-18)14-4-5-14/h6-7,11-14,16H,3-5,8-10H2,1-2H3,(H,22,25)/t13-,16-/m1/s1. The summed E-state index contributed by atoms with van der Waals surface area (Å²) in [5.74, 6) is 0.902. The normalized spacial score (nSPS) is 23.1. The van der Waals surface area contributed by atoms with Gasteiger partial charge in [-0.15, -0.1) is 0 Å². The minimum absolute atomic E-state index is 0.106. The van der Waals surface area contributed by atoms with Gasteiger partial charge in [-0.05, 0) is 51.2 Å². The van der Waals surface area contributed by atoms with Crippen LogP contribution in [0.25, 0.3) is 0 Å². The Morgan fingerprint density at radius 1 is 1.31 bits per heavy atom. The Morgan fingerprint density at radius 2 is 2.10 bits per heavy atom. The van der Waals surface area contributed by atoms with Gasteiger partial charge in [0.2, 0.25) is 10.0 Å². The molecule has 0 spiro atoms. The summed E-state index contributed by atoms with van der Waals surface area (Å²) in [4.78, 5) is 16.9. The third kappa shape index (κ3) is 4.20. The van der Waals surface area contributed by atoms with Gasteiger partial charge in [-0.2, -0.15) is 4.31 Å². The van der Waals surface area contributed by atoms with Crippen LogP contribution in [0.15, 0.2) is 33.8 Å². The first-order valence-electron chi connectivity index (χ1n) is 10.1. The summed E-state index contributed by atoms with van der Waals surface area (Å²) >= 11 is 0. The van der Waals surface area contributed by atoms with Crippen molar-refractivity contribution >= 4 is 15.9 Å². The number of carbonyl (C=O) groups is 1. The summed E-state index contributed by atoms with van der Waals surface area (Å²) in [6.07, 6.45) is 5.43. The first-order chi connectivity index (χ1) is 13.9. The van der Waals surface area contributed by atoms with Crippen LogP contribution >= 0.6 is 0 Å². The molecule has 2 atom stereocenters. The van der Waals surface area contributed by atoms with Gasteiger partial charge in [-0.25, -0.2) is 8.42 Å². The molecule has 0 radical (unpaired) electrons. The van der Waals surface area contributed by atoms with E-state index in [4.69, 9.17) is 4.52 Å². The van der Waals surface area contributed by atoms with E-state index < -0.39 is 10.0 Å². The molecule has 1 aliphatic heterocycles. The van der Waals surface area contributed by atoms with Crippen molar-refractivity contribution in [3.05, 3.63) is 41.5 Å². The van der Waals surface area contributed by atoms with E-state index in [2.05, 4.69) is 15.5 Å². The van der Waals surface area contributed by atoms with Gasteiger partial charge in [0, 0.05) is 42.5 Å². The molecular weight excluding hydrogens is 392 g/mol. The molecule has 1 N–H and O–H groups in total. The minimum Gasteiger partial charge on any atom is -0.360 e. The van der Waals surface area contributed by atoms with E-state index >= 15 is 0 Å². The van der Waals surface area contributed by atoms with Crippen LogP contribution in [-0.2, 0) is 16.4 Å². The Bertz CT molecular complexity index is 982. The highest BCUT2D eigenvalue weighted by atomic mass is 32.2. The Labute approximate surface area is 170 Å². The smallest absolute Gasteiger partial charge is 0.273 e. The van der Waals surface area contributed by atoms with E-state index in [1.807, 2.05) is 13.8 Å². The lowest BCUT2D eigenvalue weighted by Crippen LogP contribution is -2.50. The zero-order valence-electron chi connectivity index (χ0n) is 16.7. The van der Waals surface area contributed by atoms with Crippen molar-refractivity contribution < 1.29 is 17.7 Å². The lowest BCUT2D eigenvalue weighted by Gasteiger charge is -2.36. The van der Waals surface area contributed by atoms with E-state index in [1.54, 1.807) is 18.2 Å². The molecule has 8 nitrogen and oxygen atoms in total. The van der Waals surface area contributed by atoms with Crippen molar-refractivity contribution in [3.8, 4) is 0 Å². The molecule has 156 valence electrons. The van der Waals surface area contributed by atoms with Crippen LogP contribution < -0.4 is 5.32 Å². The summed E-state index contributed by atoms with van der Waals surface area (Å²) in [7, 11) is -3.61. The molecule has 4 rings (SSSR count). The highest BCUT2D eigenvalue weighted by Gasteiger charge is 2.36. The predicted molar refractivity (Wildman–Crippen MR) is 106 cm³/mol. The van der Waals surface area contributed by atoms with E-state index in [0.717, 1.165) is 30.7 Å². The fourth-order valence-electron chi connectivity index (χ4n) is 3.76. The number of hydrogen-bond donors (Lipinski definition) is 1. The van der Waals surface area contributed by atoms with Crippen LogP contribution in [0.4, 0.5) is 0 Å². The van der Waals surface area contributed by atoms with Crippen molar-refractivity contribution in [2.45, 2.75) is 68.8 Å². The third-order valence-corrected chi connectivity index (χ3v) is 7.65. The zero-order valence-corrected chi connectivity index (χ0v) is 17.5. The van der Waals surface area contributed by atoms with E-state index in [0.29, 0.717) is 25.3 Å². The predicted octanol–water partition coefficient (Wildman–Crippen LogP) is 2.48. The average Bonchev–Trinajstić information content (AvgIpc) is 3.44. The van der Waals surface area contributed by atoms with Crippen molar-refractivity contribution in [1.29, 1.82) is 0 Å². The minimum atomic E-state index is -3.61. The maximum Gasteiger partial charge on any atom is 0.273 e. The Morgan fingerprint density at radius 3 is 2.72 bits per heavy atom. The number of pyridine rings is 1. The van der Waals surface area contributed by atoms with Gasteiger partial charge in [0.25, 0.3) is 5.91 Å². The molecule has 0 unspecified atom stereocenters. The third-order valence-electron chi connectivity index (χ3n) is 5.66. The topological polar surface area (TPSA) is 105 Å². The Balaban J connectivity index is 1.38. The SMILES string of the molecule is CCc1ccc(S(=O)(=O)N2CC[C@@H](NC(=O)c3cc(C4CC4)on3)C[C@H]2C)cn1. The second-order valence-electron chi connectivity index (χ2n) is 7.89. The largest absolute Gasteiger partial charge is 0.360 e. The molecule has 0 bridgehead atoms. The van der Waals surface area contributed by atoms with Crippen molar-refractivity contribution in [1.82, 2.24) is 19.8 Å². The molecule has 0 aromatic carbocycles. The zero-order chi connectivity index (χ0) is 20.6. The van der Waals surface area contributed by atoms with E-state index in [9.17, 15) is 13.2 Å². The molecule has 1 amide bonds. The quantitative estimate of drug-likeness (QED) is 0.773. The Hall–Kier alpha value is -2.26. The van der Waals surface area contributed by atoms with Gasteiger partial charge < -0.3 is 9.84 Å². The van der Waals surface area contributed by atoms with E-state index in [1.165, 1.54) is 10.5 Å². The van der Waals surface area contributed by atoms with Crippen LogP contribution in [0.5, 0.6) is 0 Å². The molecular formula is C20H26N4O4S. The second-order valence-corrected chi connectivity index (χ2v) is 9.78. The van der Waals surface area contributed by atoms with Crippen LogP contribution in [0.2, 0.25) is 0 Å². The molecule has 3 heterocycles. The van der Waals surface area contributed by atoms with Gasteiger partial charge in [-0.3, -0.25) is 9.78 Å². The van der Waals surface area contributed by atoms with Gasteiger partial charge >= 0.3 is 0 Å². The molecule has 1 aliphatic carbocycles. The molecule has 1 saturated carbocycles. The molecule has 2 aromatic rings. The van der Waals surface area contributed by atoms with E-state index in [-0.39, 0.29) is 28.6 Å². The number of hydrogen-bond acceptors (Lipinski definition) is 6. The molecule has 2 fully saturated rings. The highest BCUT2D eigenvalue weighted by Crippen LogP contribution is 2.40. The van der Waals surface area contributed by atoms with Crippen LogP contribution in [0, 0.1) is 0 Å². The van der Waals surface area contributed by atoms with Crippen molar-refractivity contribution in [2.75, 3.05) is 6.54 Å². The van der Waals surface area contributed by atoms with Gasteiger partial charge in [0.05, 0.1) is 0 Å². The maximum absolute atomic E-state index is 13.0. The number of sulfonamides is 1. The van der Waals surface area contributed by atoms with Crippen LogP contribution in [0.1, 0.15) is 67.4 Å². The van der Waals surface area contributed by atoms with Crippen molar-refractivity contribution in [3.63, 3.8) is 0 Å². The maximum atomic E-state index is 13.0.